The zero-order valence-corrected chi connectivity index (χ0v) is 11.6. The zero-order chi connectivity index (χ0) is 14.8. The molecule has 0 saturated carbocycles. The van der Waals surface area contributed by atoms with Crippen LogP contribution in [0.25, 0.3) is 0 Å². The lowest BCUT2D eigenvalue weighted by Gasteiger charge is -2.07. The third-order valence-corrected chi connectivity index (χ3v) is 2.95. The third-order valence-electron chi connectivity index (χ3n) is 2.95. The number of nitrogens with two attached hydrogens (primary N) is 1. The average molecular weight is 278 g/mol. The minimum Gasteiger partial charge on any atom is -0.481 e. The highest BCUT2D eigenvalue weighted by atomic mass is 16.4. The molecule has 0 aliphatic heterocycles. The topological polar surface area (TPSA) is 92.4 Å². The molecule has 1 aromatic rings. The zero-order valence-electron chi connectivity index (χ0n) is 11.6. The summed E-state index contributed by atoms with van der Waals surface area (Å²) in [7, 11) is 0. The Morgan fingerprint density at radius 3 is 2.65 bits per heavy atom. The average Bonchev–Trinajstić information content (AvgIpc) is 2.42. The molecular weight excluding hydrogens is 256 g/mol. The molecule has 0 fully saturated rings. The van der Waals surface area contributed by atoms with E-state index >= 15 is 0 Å². The van der Waals surface area contributed by atoms with Gasteiger partial charge in [-0.2, -0.15) is 0 Å². The van der Waals surface area contributed by atoms with Crippen LogP contribution in [0.1, 0.15) is 37.7 Å². The normalized spacial score (nSPS) is 10.2. The lowest BCUT2D eigenvalue weighted by molar-refractivity contribution is -0.137. The first-order chi connectivity index (χ1) is 9.61. The van der Waals surface area contributed by atoms with E-state index in [1.54, 1.807) is 0 Å². The highest BCUT2D eigenvalue weighted by Gasteiger charge is 2.04. The molecule has 0 bridgehead atoms. The molecule has 5 nitrogen and oxygen atoms in total. The fraction of sp³-hybridized carbons (Fsp3) is 0.467. The molecule has 0 aliphatic rings. The summed E-state index contributed by atoms with van der Waals surface area (Å²) in [6.45, 7) is 0.660. The van der Waals surface area contributed by atoms with Gasteiger partial charge in [0.15, 0.2) is 0 Å². The highest BCUT2D eigenvalue weighted by Crippen LogP contribution is 2.13. The van der Waals surface area contributed by atoms with E-state index in [0.717, 1.165) is 30.5 Å². The second-order valence-corrected chi connectivity index (χ2v) is 4.74. The van der Waals surface area contributed by atoms with Gasteiger partial charge in [0.1, 0.15) is 0 Å². The third kappa shape index (κ3) is 6.89. The van der Waals surface area contributed by atoms with Gasteiger partial charge < -0.3 is 16.2 Å². The van der Waals surface area contributed by atoms with Crippen LogP contribution in [-0.4, -0.2) is 23.5 Å². The number of unbranched alkanes of at least 4 members (excludes halogenated alkanes) is 2. The SMILES string of the molecule is NCCCCCC(=O)Nc1cccc(CCC(=O)O)c1. The molecule has 0 radical (unpaired) electrons. The van der Waals surface area contributed by atoms with E-state index in [0.29, 0.717) is 19.4 Å². The van der Waals surface area contributed by atoms with E-state index < -0.39 is 5.97 Å². The minimum atomic E-state index is -0.820. The smallest absolute Gasteiger partial charge is 0.303 e. The van der Waals surface area contributed by atoms with Gasteiger partial charge in [-0.05, 0) is 43.5 Å². The van der Waals surface area contributed by atoms with Crippen LogP contribution in [-0.2, 0) is 16.0 Å². The van der Waals surface area contributed by atoms with Crippen LogP contribution in [0.3, 0.4) is 0 Å². The maximum absolute atomic E-state index is 11.7. The number of carbonyl (C=O) groups excluding carboxylic acids is 1. The Morgan fingerprint density at radius 1 is 1.15 bits per heavy atom. The van der Waals surface area contributed by atoms with Gasteiger partial charge in [0.05, 0.1) is 0 Å². The molecule has 1 aromatic carbocycles. The van der Waals surface area contributed by atoms with Crippen molar-refractivity contribution >= 4 is 17.6 Å². The predicted molar refractivity (Wildman–Crippen MR) is 78.6 cm³/mol. The fourth-order valence-electron chi connectivity index (χ4n) is 1.89. The number of hydrogen-bond acceptors (Lipinski definition) is 3. The number of nitrogens with one attached hydrogen (secondary N) is 1. The first-order valence-corrected chi connectivity index (χ1v) is 6.92. The Balaban J connectivity index is 2.40. The summed E-state index contributed by atoms with van der Waals surface area (Å²) in [5.41, 5.74) is 7.02. The second-order valence-electron chi connectivity index (χ2n) is 4.74. The summed E-state index contributed by atoms with van der Waals surface area (Å²) in [6.07, 6.45) is 3.79. The molecule has 0 unspecified atom stereocenters. The van der Waals surface area contributed by atoms with Gasteiger partial charge in [-0.3, -0.25) is 9.59 Å². The number of aliphatic carboxylic acids is 1. The Hall–Kier alpha value is -1.88. The molecule has 20 heavy (non-hydrogen) atoms. The molecule has 110 valence electrons. The molecule has 0 atom stereocenters. The van der Waals surface area contributed by atoms with E-state index in [-0.39, 0.29) is 12.3 Å². The second kappa shape index (κ2) is 9.09. The Bertz CT molecular complexity index is 446. The maximum atomic E-state index is 11.7. The van der Waals surface area contributed by atoms with Gasteiger partial charge >= 0.3 is 5.97 Å². The lowest BCUT2D eigenvalue weighted by atomic mass is 10.1. The molecule has 0 saturated heterocycles. The van der Waals surface area contributed by atoms with E-state index in [9.17, 15) is 9.59 Å². The van der Waals surface area contributed by atoms with Crippen molar-refractivity contribution in [2.45, 2.75) is 38.5 Å². The standard InChI is InChI=1S/C15H22N2O3/c16-10-3-1-2-7-14(18)17-13-6-4-5-12(11-13)8-9-15(19)20/h4-6,11H,1-3,7-10,16H2,(H,17,18)(H,19,20). The Labute approximate surface area is 119 Å². The first kappa shape index (κ1) is 16.2. The van der Waals surface area contributed by atoms with E-state index in [4.69, 9.17) is 10.8 Å². The van der Waals surface area contributed by atoms with Crippen molar-refractivity contribution in [3.63, 3.8) is 0 Å². The number of amides is 1. The molecule has 4 N–H and O–H groups in total. The molecular formula is C15H22N2O3. The predicted octanol–water partition coefficient (Wildman–Crippen LogP) is 2.16. The summed E-state index contributed by atoms with van der Waals surface area (Å²) in [6, 6.07) is 7.31. The van der Waals surface area contributed by atoms with Crippen molar-refractivity contribution in [3.8, 4) is 0 Å². The summed E-state index contributed by atoms with van der Waals surface area (Å²) in [4.78, 5) is 22.2. The van der Waals surface area contributed by atoms with Crippen LogP contribution in [0.15, 0.2) is 24.3 Å². The van der Waals surface area contributed by atoms with Gasteiger partial charge in [0.25, 0.3) is 0 Å². The summed E-state index contributed by atoms with van der Waals surface area (Å²) >= 11 is 0. The number of anilines is 1. The van der Waals surface area contributed by atoms with E-state index in [2.05, 4.69) is 5.32 Å². The van der Waals surface area contributed by atoms with Crippen LogP contribution in [0, 0.1) is 0 Å². The van der Waals surface area contributed by atoms with Crippen LogP contribution in [0.4, 0.5) is 5.69 Å². The highest BCUT2D eigenvalue weighted by molar-refractivity contribution is 5.90. The molecule has 5 heteroatoms. The van der Waals surface area contributed by atoms with Crippen LogP contribution in [0.2, 0.25) is 0 Å². The van der Waals surface area contributed by atoms with Gasteiger partial charge in [-0.25, -0.2) is 0 Å². The van der Waals surface area contributed by atoms with Crippen molar-refractivity contribution in [1.29, 1.82) is 0 Å². The minimum absolute atomic E-state index is 0.0163. The maximum Gasteiger partial charge on any atom is 0.303 e. The largest absolute Gasteiger partial charge is 0.481 e. The van der Waals surface area contributed by atoms with Crippen molar-refractivity contribution < 1.29 is 14.7 Å². The number of carboxylic acid groups (broad SMARTS) is 1. The molecule has 0 aromatic heterocycles. The van der Waals surface area contributed by atoms with E-state index in [1.165, 1.54) is 0 Å². The van der Waals surface area contributed by atoms with Crippen LogP contribution in [0.5, 0.6) is 0 Å². The first-order valence-electron chi connectivity index (χ1n) is 6.92. The fourth-order valence-corrected chi connectivity index (χ4v) is 1.89. The number of carboxylic acids is 1. The van der Waals surface area contributed by atoms with Crippen molar-refractivity contribution in [1.82, 2.24) is 0 Å². The summed E-state index contributed by atoms with van der Waals surface area (Å²) < 4.78 is 0. The number of rotatable bonds is 9. The number of aryl methyl sites for hydroxylation is 1. The summed E-state index contributed by atoms with van der Waals surface area (Å²) in [5.74, 6) is -0.836. The Kier molecular flexibility index (Phi) is 7.35. The molecule has 0 spiro atoms. The van der Waals surface area contributed by atoms with Gasteiger partial charge in [-0.15, -0.1) is 0 Å². The molecule has 1 amide bonds. The van der Waals surface area contributed by atoms with Crippen molar-refractivity contribution in [3.05, 3.63) is 29.8 Å². The number of benzene rings is 1. The number of hydrogen-bond donors (Lipinski definition) is 3. The quantitative estimate of drug-likeness (QED) is 0.603. The van der Waals surface area contributed by atoms with Crippen molar-refractivity contribution in [2.75, 3.05) is 11.9 Å². The molecule has 1 rings (SSSR count). The van der Waals surface area contributed by atoms with Crippen LogP contribution >= 0.6 is 0 Å². The number of carbonyl (C=O) groups is 2. The van der Waals surface area contributed by atoms with E-state index in [1.807, 2.05) is 24.3 Å². The van der Waals surface area contributed by atoms with Gasteiger partial charge in [-0.1, -0.05) is 18.6 Å². The lowest BCUT2D eigenvalue weighted by Crippen LogP contribution is -2.11. The van der Waals surface area contributed by atoms with Gasteiger partial charge in [0, 0.05) is 18.5 Å². The molecule has 0 heterocycles. The monoisotopic (exact) mass is 278 g/mol. The molecule has 0 aliphatic carbocycles. The van der Waals surface area contributed by atoms with Crippen LogP contribution < -0.4 is 11.1 Å². The van der Waals surface area contributed by atoms with Crippen molar-refractivity contribution in [2.24, 2.45) is 5.73 Å². The van der Waals surface area contributed by atoms with Gasteiger partial charge in [0.2, 0.25) is 5.91 Å². The Morgan fingerprint density at radius 2 is 1.95 bits per heavy atom. The summed E-state index contributed by atoms with van der Waals surface area (Å²) in [5, 5.41) is 11.5.